The highest BCUT2D eigenvalue weighted by Crippen LogP contribution is 2.31. The molecule has 0 spiro atoms. The molecule has 1 aromatic carbocycles. The summed E-state index contributed by atoms with van der Waals surface area (Å²) in [5, 5.41) is 12.3. The highest BCUT2D eigenvalue weighted by Gasteiger charge is 2.34. The van der Waals surface area contributed by atoms with Gasteiger partial charge in [0.1, 0.15) is 0 Å². The molecule has 0 radical (unpaired) electrons. The molecule has 21 heavy (non-hydrogen) atoms. The molecule has 1 N–H and O–H groups in total. The highest BCUT2D eigenvalue weighted by atomic mass is 16.2. The van der Waals surface area contributed by atoms with Gasteiger partial charge < -0.3 is 10.2 Å². The van der Waals surface area contributed by atoms with Gasteiger partial charge in [0.15, 0.2) is 0 Å². The molecule has 2 aliphatic rings. The van der Waals surface area contributed by atoms with Gasteiger partial charge in [-0.05, 0) is 43.4 Å². The predicted molar refractivity (Wildman–Crippen MR) is 80.3 cm³/mol. The summed E-state index contributed by atoms with van der Waals surface area (Å²) in [5.74, 6) is 0.716. The summed E-state index contributed by atoms with van der Waals surface area (Å²) >= 11 is 0. The monoisotopic (exact) mass is 283 g/mol. The number of amides is 1. The van der Waals surface area contributed by atoms with Crippen molar-refractivity contribution < 1.29 is 4.79 Å². The number of likely N-dealkylation sites (tertiary alicyclic amines) is 1. The largest absolute Gasteiger partial charge is 0.342 e. The van der Waals surface area contributed by atoms with Crippen LogP contribution in [0.2, 0.25) is 0 Å². The second-order valence-corrected chi connectivity index (χ2v) is 6.06. The van der Waals surface area contributed by atoms with E-state index in [4.69, 9.17) is 5.26 Å². The number of piperidine rings is 1. The van der Waals surface area contributed by atoms with E-state index < -0.39 is 0 Å². The van der Waals surface area contributed by atoms with Gasteiger partial charge in [0, 0.05) is 31.6 Å². The van der Waals surface area contributed by atoms with Crippen molar-refractivity contribution in [3.05, 3.63) is 35.4 Å². The third-order valence-corrected chi connectivity index (χ3v) is 4.41. The fraction of sp³-hybridized carbons (Fsp3) is 0.529. The van der Waals surface area contributed by atoms with Crippen LogP contribution in [-0.4, -0.2) is 29.9 Å². The number of nitrogens with one attached hydrogen (secondary N) is 1. The molecule has 0 bridgehead atoms. The molecule has 1 amide bonds. The Morgan fingerprint density at radius 2 is 1.86 bits per heavy atom. The number of benzene rings is 1. The predicted octanol–water partition coefficient (Wildman–Crippen LogP) is 2.05. The minimum atomic E-state index is 0.341. The zero-order valence-electron chi connectivity index (χ0n) is 12.2. The second kappa shape index (κ2) is 6.28. The van der Waals surface area contributed by atoms with Crippen LogP contribution in [0.5, 0.6) is 0 Å². The molecule has 1 aliphatic carbocycles. The lowest BCUT2D eigenvalue weighted by atomic mass is 10.0. The summed E-state index contributed by atoms with van der Waals surface area (Å²) in [6.45, 7) is 2.60. The van der Waals surface area contributed by atoms with E-state index in [0.717, 1.165) is 45.3 Å². The lowest BCUT2D eigenvalue weighted by molar-refractivity contribution is -0.133. The summed E-state index contributed by atoms with van der Waals surface area (Å²) in [5.41, 5.74) is 1.90. The molecule has 1 heterocycles. The first-order chi connectivity index (χ1) is 10.3. The number of carbonyl (C=O) groups excluding carboxylic acids is 1. The van der Waals surface area contributed by atoms with Crippen LogP contribution in [0.4, 0.5) is 0 Å². The average molecular weight is 283 g/mol. The van der Waals surface area contributed by atoms with E-state index in [2.05, 4.69) is 11.4 Å². The second-order valence-electron chi connectivity index (χ2n) is 6.06. The van der Waals surface area contributed by atoms with Crippen molar-refractivity contribution in [2.45, 2.75) is 38.3 Å². The van der Waals surface area contributed by atoms with E-state index in [1.54, 1.807) is 0 Å². The normalized spacial score (nSPS) is 19.3. The molecular formula is C17H21N3O. The SMILES string of the molecule is N#Cc1ccc(CNC2CCN(C(=O)C3CC3)CC2)cc1. The smallest absolute Gasteiger partial charge is 0.225 e. The number of nitriles is 1. The lowest BCUT2D eigenvalue weighted by Gasteiger charge is -2.32. The minimum absolute atomic E-state index is 0.341. The molecular weight excluding hydrogens is 262 g/mol. The van der Waals surface area contributed by atoms with E-state index in [0.29, 0.717) is 23.4 Å². The van der Waals surface area contributed by atoms with Crippen LogP contribution in [0.25, 0.3) is 0 Å². The molecule has 110 valence electrons. The fourth-order valence-electron chi connectivity index (χ4n) is 2.85. The summed E-state index contributed by atoms with van der Waals surface area (Å²) in [6.07, 6.45) is 4.26. The summed E-state index contributed by atoms with van der Waals surface area (Å²) in [6, 6.07) is 10.3. The van der Waals surface area contributed by atoms with Gasteiger partial charge in [-0.2, -0.15) is 5.26 Å². The van der Waals surface area contributed by atoms with Crippen molar-refractivity contribution in [3.63, 3.8) is 0 Å². The quantitative estimate of drug-likeness (QED) is 0.920. The number of rotatable bonds is 4. The van der Waals surface area contributed by atoms with E-state index in [-0.39, 0.29) is 0 Å². The Kier molecular flexibility index (Phi) is 4.21. The molecule has 1 aliphatic heterocycles. The first kappa shape index (κ1) is 14.1. The van der Waals surface area contributed by atoms with E-state index in [9.17, 15) is 4.79 Å². The van der Waals surface area contributed by atoms with Crippen molar-refractivity contribution in [3.8, 4) is 6.07 Å². The van der Waals surface area contributed by atoms with Crippen LogP contribution in [0.3, 0.4) is 0 Å². The van der Waals surface area contributed by atoms with Crippen molar-refractivity contribution in [2.24, 2.45) is 5.92 Å². The fourth-order valence-corrected chi connectivity index (χ4v) is 2.85. The Morgan fingerprint density at radius 1 is 1.19 bits per heavy atom. The molecule has 1 saturated carbocycles. The Hall–Kier alpha value is -1.86. The van der Waals surface area contributed by atoms with Gasteiger partial charge >= 0.3 is 0 Å². The minimum Gasteiger partial charge on any atom is -0.342 e. The van der Waals surface area contributed by atoms with E-state index in [1.165, 1.54) is 5.56 Å². The standard InChI is InChI=1S/C17H21N3O/c18-11-13-1-3-14(4-2-13)12-19-16-7-9-20(10-8-16)17(21)15-5-6-15/h1-4,15-16,19H,5-10,12H2. The average Bonchev–Trinajstić information content (AvgIpc) is 3.38. The van der Waals surface area contributed by atoms with Gasteiger partial charge in [0.2, 0.25) is 5.91 Å². The molecule has 0 unspecified atom stereocenters. The molecule has 0 aromatic heterocycles. The maximum Gasteiger partial charge on any atom is 0.225 e. The topological polar surface area (TPSA) is 56.1 Å². The zero-order valence-corrected chi connectivity index (χ0v) is 12.2. The van der Waals surface area contributed by atoms with Crippen molar-refractivity contribution >= 4 is 5.91 Å². The van der Waals surface area contributed by atoms with Crippen LogP contribution in [0.15, 0.2) is 24.3 Å². The first-order valence-electron chi connectivity index (χ1n) is 7.77. The molecule has 1 aromatic rings. The number of hydrogen-bond acceptors (Lipinski definition) is 3. The first-order valence-corrected chi connectivity index (χ1v) is 7.77. The summed E-state index contributed by atoms with van der Waals surface area (Å²) in [7, 11) is 0. The molecule has 0 atom stereocenters. The maximum atomic E-state index is 12.0. The number of nitrogens with zero attached hydrogens (tertiary/aromatic N) is 2. The highest BCUT2D eigenvalue weighted by molar-refractivity contribution is 5.81. The number of hydrogen-bond donors (Lipinski definition) is 1. The van der Waals surface area contributed by atoms with Gasteiger partial charge in [-0.1, -0.05) is 12.1 Å². The van der Waals surface area contributed by atoms with Crippen molar-refractivity contribution in [1.29, 1.82) is 5.26 Å². The Labute approximate surface area is 125 Å². The van der Waals surface area contributed by atoms with E-state index >= 15 is 0 Å². The van der Waals surface area contributed by atoms with Crippen LogP contribution >= 0.6 is 0 Å². The third-order valence-electron chi connectivity index (χ3n) is 4.41. The summed E-state index contributed by atoms with van der Waals surface area (Å²) in [4.78, 5) is 14.0. The van der Waals surface area contributed by atoms with Gasteiger partial charge in [-0.25, -0.2) is 0 Å². The molecule has 3 rings (SSSR count). The Balaban J connectivity index is 1.42. The molecule has 4 heteroatoms. The van der Waals surface area contributed by atoms with Crippen molar-refractivity contribution in [2.75, 3.05) is 13.1 Å². The zero-order chi connectivity index (χ0) is 14.7. The molecule has 2 fully saturated rings. The van der Waals surface area contributed by atoms with Crippen LogP contribution in [0, 0.1) is 17.2 Å². The Morgan fingerprint density at radius 3 is 2.43 bits per heavy atom. The van der Waals surface area contributed by atoms with Gasteiger partial charge in [-0.15, -0.1) is 0 Å². The van der Waals surface area contributed by atoms with Crippen LogP contribution in [-0.2, 0) is 11.3 Å². The molecule has 4 nitrogen and oxygen atoms in total. The van der Waals surface area contributed by atoms with Gasteiger partial charge in [-0.3, -0.25) is 4.79 Å². The lowest BCUT2D eigenvalue weighted by Crippen LogP contribution is -2.45. The maximum absolute atomic E-state index is 12.0. The molecule has 1 saturated heterocycles. The third kappa shape index (κ3) is 3.62. The van der Waals surface area contributed by atoms with Crippen LogP contribution < -0.4 is 5.32 Å². The van der Waals surface area contributed by atoms with Crippen LogP contribution in [0.1, 0.15) is 36.8 Å². The Bertz CT molecular complexity index is 534. The summed E-state index contributed by atoms with van der Waals surface area (Å²) < 4.78 is 0. The van der Waals surface area contributed by atoms with E-state index in [1.807, 2.05) is 29.2 Å². The van der Waals surface area contributed by atoms with Crippen molar-refractivity contribution in [1.82, 2.24) is 10.2 Å². The number of carbonyl (C=O) groups is 1. The van der Waals surface area contributed by atoms with Gasteiger partial charge in [0.25, 0.3) is 0 Å². The van der Waals surface area contributed by atoms with Gasteiger partial charge in [0.05, 0.1) is 11.6 Å².